The van der Waals surface area contributed by atoms with E-state index in [0.717, 1.165) is 12.2 Å². The van der Waals surface area contributed by atoms with Gasteiger partial charge in [-0.1, -0.05) is 32.3 Å². The summed E-state index contributed by atoms with van der Waals surface area (Å²) in [6, 6.07) is 12.8. The van der Waals surface area contributed by atoms with Crippen LogP contribution in [-0.4, -0.2) is 12.5 Å². The first-order chi connectivity index (χ1) is 11.2. The van der Waals surface area contributed by atoms with Gasteiger partial charge in [0.2, 0.25) is 0 Å². The highest BCUT2D eigenvalue weighted by molar-refractivity contribution is 6.04. The van der Waals surface area contributed by atoms with Gasteiger partial charge in [0.05, 0.1) is 6.61 Å². The minimum atomic E-state index is -0.426. The van der Waals surface area contributed by atoms with Crippen molar-refractivity contribution in [3.63, 3.8) is 0 Å². The fourth-order valence-electron chi connectivity index (χ4n) is 2.19. The molecule has 0 saturated carbocycles. The minimum Gasteiger partial charge on any atom is -0.494 e. The van der Waals surface area contributed by atoms with Gasteiger partial charge in [-0.3, -0.25) is 4.79 Å². The second-order valence-corrected chi connectivity index (χ2v) is 5.40. The van der Waals surface area contributed by atoms with Gasteiger partial charge in [0.15, 0.2) is 0 Å². The van der Waals surface area contributed by atoms with Crippen LogP contribution in [0.3, 0.4) is 0 Å². The van der Waals surface area contributed by atoms with Crippen molar-refractivity contribution >= 4 is 11.6 Å². The van der Waals surface area contributed by atoms with E-state index in [1.807, 2.05) is 12.1 Å². The Morgan fingerprint density at radius 2 is 1.87 bits per heavy atom. The van der Waals surface area contributed by atoms with Gasteiger partial charge in [0.25, 0.3) is 5.91 Å². The summed E-state index contributed by atoms with van der Waals surface area (Å²) in [5.41, 5.74) is 0.943. The molecule has 1 amide bonds. The van der Waals surface area contributed by atoms with Crippen LogP contribution in [0.1, 0.15) is 43.0 Å². The molecule has 0 aliphatic heterocycles. The first-order valence-electron chi connectivity index (χ1n) is 7.99. The molecule has 0 aliphatic rings. The van der Waals surface area contributed by atoms with E-state index < -0.39 is 5.82 Å². The van der Waals surface area contributed by atoms with Crippen LogP contribution in [0.4, 0.5) is 10.1 Å². The third-order valence-corrected chi connectivity index (χ3v) is 3.47. The predicted molar refractivity (Wildman–Crippen MR) is 90.4 cm³/mol. The Balaban J connectivity index is 1.83. The molecular formula is C19H22FNO2. The molecule has 122 valence electrons. The fourth-order valence-corrected chi connectivity index (χ4v) is 2.19. The molecule has 0 bridgehead atoms. The highest BCUT2D eigenvalue weighted by atomic mass is 19.1. The lowest BCUT2D eigenvalue weighted by Crippen LogP contribution is -2.11. The predicted octanol–water partition coefficient (Wildman–Crippen LogP) is 5.04. The molecule has 2 aromatic rings. The monoisotopic (exact) mass is 315 g/mol. The van der Waals surface area contributed by atoms with Crippen molar-refractivity contribution in [2.24, 2.45) is 0 Å². The minimum absolute atomic E-state index is 0.293. The highest BCUT2D eigenvalue weighted by Gasteiger charge is 2.07. The van der Waals surface area contributed by atoms with Gasteiger partial charge in [0.1, 0.15) is 11.6 Å². The van der Waals surface area contributed by atoms with Crippen molar-refractivity contribution in [3.05, 3.63) is 59.9 Å². The lowest BCUT2D eigenvalue weighted by Gasteiger charge is -2.08. The van der Waals surface area contributed by atoms with E-state index in [0.29, 0.717) is 17.9 Å². The third-order valence-electron chi connectivity index (χ3n) is 3.47. The molecule has 0 aliphatic carbocycles. The van der Waals surface area contributed by atoms with Crippen LogP contribution in [0.5, 0.6) is 5.75 Å². The maximum Gasteiger partial charge on any atom is 0.255 e. The molecular weight excluding hydrogens is 293 g/mol. The van der Waals surface area contributed by atoms with Crippen LogP contribution >= 0.6 is 0 Å². The number of unbranched alkanes of at least 4 members (excludes halogenated alkanes) is 3. The SMILES string of the molecule is CCCCCCOc1ccc(NC(=O)c2cccc(F)c2)cc1. The summed E-state index contributed by atoms with van der Waals surface area (Å²) in [5, 5.41) is 2.74. The van der Waals surface area contributed by atoms with Crippen LogP contribution in [-0.2, 0) is 0 Å². The molecule has 0 atom stereocenters. The molecule has 0 fully saturated rings. The number of benzene rings is 2. The van der Waals surface area contributed by atoms with Crippen molar-refractivity contribution in [3.8, 4) is 5.75 Å². The molecule has 2 rings (SSSR count). The summed E-state index contributed by atoms with van der Waals surface area (Å²) in [5.74, 6) is 0.0208. The zero-order chi connectivity index (χ0) is 16.5. The standard InChI is InChI=1S/C19H22FNO2/c1-2-3-4-5-13-23-18-11-9-17(10-12-18)21-19(22)15-7-6-8-16(20)14-15/h6-12,14H,2-5,13H2,1H3,(H,21,22). The van der Waals surface area contributed by atoms with Crippen molar-refractivity contribution in [2.45, 2.75) is 32.6 Å². The largest absolute Gasteiger partial charge is 0.494 e. The Hall–Kier alpha value is -2.36. The Bertz CT molecular complexity index is 626. The lowest BCUT2D eigenvalue weighted by molar-refractivity contribution is 0.102. The first kappa shape index (κ1) is 17.0. The van der Waals surface area contributed by atoms with Crippen LogP contribution in [0.2, 0.25) is 0 Å². The molecule has 0 aromatic heterocycles. The quantitative estimate of drug-likeness (QED) is 0.693. The Labute approximate surface area is 136 Å². The Morgan fingerprint density at radius 1 is 1.09 bits per heavy atom. The summed E-state index contributed by atoms with van der Waals surface area (Å²) in [4.78, 5) is 12.0. The van der Waals surface area contributed by atoms with Crippen molar-refractivity contribution in [1.82, 2.24) is 0 Å². The summed E-state index contributed by atoms with van der Waals surface area (Å²) >= 11 is 0. The molecule has 1 N–H and O–H groups in total. The second kappa shape index (κ2) is 8.93. The maximum atomic E-state index is 13.1. The van der Waals surface area contributed by atoms with Crippen LogP contribution < -0.4 is 10.1 Å². The highest BCUT2D eigenvalue weighted by Crippen LogP contribution is 2.17. The Morgan fingerprint density at radius 3 is 2.57 bits per heavy atom. The fraction of sp³-hybridized carbons (Fsp3) is 0.316. The summed E-state index contributed by atoms with van der Waals surface area (Å²) in [6.45, 7) is 2.88. The Kier molecular flexibility index (Phi) is 6.60. The lowest BCUT2D eigenvalue weighted by atomic mass is 10.2. The molecule has 23 heavy (non-hydrogen) atoms. The number of hydrogen-bond acceptors (Lipinski definition) is 2. The van der Waals surface area contributed by atoms with Gasteiger partial charge in [-0.2, -0.15) is 0 Å². The van der Waals surface area contributed by atoms with Crippen LogP contribution in [0, 0.1) is 5.82 Å². The third kappa shape index (κ3) is 5.74. The zero-order valence-electron chi connectivity index (χ0n) is 13.3. The topological polar surface area (TPSA) is 38.3 Å². The number of ether oxygens (including phenoxy) is 1. The van der Waals surface area contributed by atoms with E-state index in [1.54, 1.807) is 18.2 Å². The molecule has 0 spiro atoms. The van der Waals surface area contributed by atoms with Gasteiger partial charge in [-0.15, -0.1) is 0 Å². The van der Waals surface area contributed by atoms with Gasteiger partial charge in [0, 0.05) is 11.3 Å². The average molecular weight is 315 g/mol. The molecule has 2 aromatic carbocycles. The van der Waals surface area contributed by atoms with Crippen molar-refractivity contribution in [2.75, 3.05) is 11.9 Å². The summed E-state index contributed by atoms with van der Waals surface area (Å²) < 4.78 is 18.8. The number of halogens is 1. The smallest absolute Gasteiger partial charge is 0.255 e. The number of rotatable bonds is 8. The number of hydrogen-bond donors (Lipinski definition) is 1. The van der Waals surface area contributed by atoms with E-state index in [4.69, 9.17) is 4.74 Å². The van der Waals surface area contributed by atoms with E-state index in [9.17, 15) is 9.18 Å². The zero-order valence-corrected chi connectivity index (χ0v) is 13.3. The summed E-state index contributed by atoms with van der Waals surface area (Å²) in [6.07, 6.45) is 4.66. The normalized spacial score (nSPS) is 10.3. The van der Waals surface area contributed by atoms with Gasteiger partial charge in [-0.05, 0) is 48.9 Å². The van der Waals surface area contributed by atoms with E-state index in [-0.39, 0.29) is 5.91 Å². The van der Waals surface area contributed by atoms with E-state index in [2.05, 4.69) is 12.2 Å². The van der Waals surface area contributed by atoms with E-state index >= 15 is 0 Å². The van der Waals surface area contributed by atoms with Crippen molar-refractivity contribution < 1.29 is 13.9 Å². The number of nitrogens with one attached hydrogen (secondary N) is 1. The maximum absolute atomic E-state index is 13.1. The van der Waals surface area contributed by atoms with Gasteiger partial charge in [-0.25, -0.2) is 4.39 Å². The van der Waals surface area contributed by atoms with Gasteiger partial charge < -0.3 is 10.1 Å². The molecule has 0 heterocycles. The second-order valence-electron chi connectivity index (χ2n) is 5.40. The number of carbonyl (C=O) groups is 1. The van der Waals surface area contributed by atoms with Gasteiger partial charge >= 0.3 is 0 Å². The molecule has 0 radical (unpaired) electrons. The average Bonchev–Trinajstić information content (AvgIpc) is 2.56. The first-order valence-corrected chi connectivity index (χ1v) is 7.99. The van der Waals surface area contributed by atoms with Crippen molar-refractivity contribution in [1.29, 1.82) is 0 Å². The molecule has 0 saturated heterocycles. The summed E-state index contributed by atoms with van der Waals surface area (Å²) in [7, 11) is 0. The molecule has 0 unspecified atom stereocenters. The number of amides is 1. The van der Waals surface area contributed by atoms with Crippen LogP contribution in [0.15, 0.2) is 48.5 Å². The number of anilines is 1. The van der Waals surface area contributed by atoms with E-state index in [1.165, 1.54) is 37.5 Å². The van der Waals surface area contributed by atoms with Crippen LogP contribution in [0.25, 0.3) is 0 Å². The number of carbonyl (C=O) groups excluding carboxylic acids is 1. The molecule has 3 nitrogen and oxygen atoms in total. The molecule has 4 heteroatoms.